The predicted octanol–water partition coefficient (Wildman–Crippen LogP) is 1.63. The topological polar surface area (TPSA) is 58.3 Å². The number of hydrogen-bond acceptors (Lipinski definition) is 5. The lowest BCUT2D eigenvalue weighted by molar-refractivity contribution is 0.270. The Morgan fingerprint density at radius 1 is 1.61 bits per heavy atom. The first kappa shape index (κ1) is 13.4. The molecule has 0 amide bonds. The van der Waals surface area contributed by atoms with Crippen LogP contribution in [0.3, 0.4) is 0 Å². The van der Waals surface area contributed by atoms with Crippen LogP contribution >= 0.6 is 11.6 Å². The average Bonchev–Trinajstić information content (AvgIpc) is 2.79. The largest absolute Gasteiger partial charge is 0.368 e. The van der Waals surface area contributed by atoms with Gasteiger partial charge in [-0.05, 0) is 25.9 Å². The molecule has 1 aliphatic heterocycles. The van der Waals surface area contributed by atoms with Crippen molar-refractivity contribution in [1.82, 2.24) is 14.9 Å². The van der Waals surface area contributed by atoms with Crippen molar-refractivity contribution in [3.63, 3.8) is 0 Å². The van der Waals surface area contributed by atoms with Crippen LogP contribution in [0, 0.1) is 0 Å². The molecule has 100 valence electrons. The minimum atomic E-state index is 0.264. The SMILES string of the molecule is CCN1CCCC1CN(C)c1nc(N)ncc1Cl. The molecule has 1 aromatic rings. The fourth-order valence-electron chi connectivity index (χ4n) is 2.56. The summed E-state index contributed by atoms with van der Waals surface area (Å²) < 4.78 is 0. The molecule has 1 atom stereocenters. The fourth-order valence-corrected chi connectivity index (χ4v) is 2.80. The van der Waals surface area contributed by atoms with Crippen LogP contribution < -0.4 is 10.6 Å². The predicted molar refractivity (Wildman–Crippen MR) is 75.0 cm³/mol. The summed E-state index contributed by atoms with van der Waals surface area (Å²) >= 11 is 6.11. The van der Waals surface area contributed by atoms with Gasteiger partial charge in [0.15, 0.2) is 5.82 Å². The fraction of sp³-hybridized carbons (Fsp3) is 0.667. The Labute approximate surface area is 113 Å². The van der Waals surface area contributed by atoms with Gasteiger partial charge in [-0.2, -0.15) is 4.98 Å². The molecule has 0 saturated carbocycles. The molecule has 0 aliphatic carbocycles. The smallest absolute Gasteiger partial charge is 0.222 e. The van der Waals surface area contributed by atoms with E-state index < -0.39 is 0 Å². The number of nitrogens with two attached hydrogens (primary N) is 1. The Balaban J connectivity index is 2.07. The van der Waals surface area contributed by atoms with Crippen LogP contribution in [0.25, 0.3) is 0 Å². The monoisotopic (exact) mass is 269 g/mol. The second-order valence-corrected chi connectivity index (χ2v) is 5.11. The van der Waals surface area contributed by atoms with Crippen molar-refractivity contribution >= 4 is 23.4 Å². The number of nitrogen functional groups attached to an aromatic ring is 1. The zero-order valence-electron chi connectivity index (χ0n) is 10.9. The van der Waals surface area contributed by atoms with E-state index in [1.807, 2.05) is 7.05 Å². The molecular weight excluding hydrogens is 250 g/mol. The van der Waals surface area contributed by atoms with E-state index in [0.29, 0.717) is 16.9 Å². The molecule has 2 N–H and O–H groups in total. The number of hydrogen-bond donors (Lipinski definition) is 1. The Hall–Kier alpha value is -1.07. The number of halogens is 1. The van der Waals surface area contributed by atoms with Crippen molar-refractivity contribution in [2.45, 2.75) is 25.8 Å². The normalized spacial score (nSPS) is 20.3. The van der Waals surface area contributed by atoms with E-state index in [1.165, 1.54) is 19.4 Å². The van der Waals surface area contributed by atoms with Crippen LogP contribution in [-0.4, -0.2) is 47.6 Å². The number of likely N-dealkylation sites (N-methyl/N-ethyl adjacent to an activating group) is 2. The quantitative estimate of drug-likeness (QED) is 0.900. The molecular formula is C12H20ClN5. The maximum atomic E-state index is 6.11. The molecule has 1 aliphatic rings. The summed E-state index contributed by atoms with van der Waals surface area (Å²) in [6, 6.07) is 0.576. The molecule has 6 heteroatoms. The Morgan fingerprint density at radius 3 is 3.11 bits per heavy atom. The van der Waals surface area contributed by atoms with Crippen LogP contribution in [0.5, 0.6) is 0 Å². The molecule has 0 aromatic carbocycles. The highest BCUT2D eigenvalue weighted by atomic mass is 35.5. The second kappa shape index (κ2) is 5.71. The van der Waals surface area contributed by atoms with E-state index in [-0.39, 0.29) is 5.95 Å². The standard InChI is InChI=1S/C12H20ClN5/c1-3-18-6-4-5-9(18)8-17(2)11-10(13)7-15-12(14)16-11/h7,9H,3-6,8H2,1-2H3,(H2,14,15,16). The van der Waals surface area contributed by atoms with Gasteiger partial charge < -0.3 is 10.6 Å². The van der Waals surface area contributed by atoms with Gasteiger partial charge in [0.2, 0.25) is 5.95 Å². The van der Waals surface area contributed by atoms with E-state index in [1.54, 1.807) is 6.20 Å². The third kappa shape index (κ3) is 2.84. The van der Waals surface area contributed by atoms with Crippen molar-refractivity contribution in [3.05, 3.63) is 11.2 Å². The highest BCUT2D eigenvalue weighted by Gasteiger charge is 2.25. The molecule has 0 radical (unpaired) electrons. The van der Waals surface area contributed by atoms with Crippen LogP contribution in [-0.2, 0) is 0 Å². The minimum Gasteiger partial charge on any atom is -0.368 e. The summed E-state index contributed by atoms with van der Waals surface area (Å²) in [5, 5.41) is 0.549. The first-order valence-electron chi connectivity index (χ1n) is 6.35. The summed E-state index contributed by atoms with van der Waals surface area (Å²) in [5.41, 5.74) is 5.61. The third-order valence-corrected chi connectivity index (χ3v) is 3.76. The molecule has 1 fully saturated rings. The summed E-state index contributed by atoms with van der Waals surface area (Å²) in [5.74, 6) is 0.979. The molecule has 18 heavy (non-hydrogen) atoms. The van der Waals surface area contributed by atoms with Crippen molar-refractivity contribution in [2.24, 2.45) is 0 Å². The Bertz CT molecular complexity index is 411. The maximum absolute atomic E-state index is 6.11. The van der Waals surface area contributed by atoms with Crippen molar-refractivity contribution in [1.29, 1.82) is 0 Å². The first-order valence-corrected chi connectivity index (χ1v) is 6.72. The lowest BCUT2D eigenvalue weighted by Gasteiger charge is -2.28. The summed E-state index contributed by atoms with van der Waals surface area (Å²) in [6.07, 6.45) is 4.06. The molecule has 0 bridgehead atoms. The summed E-state index contributed by atoms with van der Waals surface area (Å²) in [7, 11) is 2.00. The first-order chi connectivity index (χ1) is 8.61. The van der Waals surface area contributed by atoms with E-state index in [0.717, 1.165) is 13.1 Å². The Kier molecular flexibility index (Phi) is 4.24. The molecule has 2 heterocycles. The van der Waals surface area contributed by atoms with Gasteiger partial charge in [0, 0.05) is 19.6 Å². The zero-order valence-corrected chi connectivity index (χ0v) is 11.7. The number of anilines is 2. The van der Waals surface area contributed by atoms with Gasteiger partial charge in [-0.1, -0.05) is 18.5 Å². The highest BCUT2D eigenvalue weighted by Crippen LogP contribution is 2.24. The lowest BCUT2D eigenvalue weighted by Crippen LogP contribution is -2.39. The average molecular weight is 270 g/mol. The summed E-state index contributed by atoms with van der Waals surface area (Å²) in [4.78, 5) is 12.7. The number of nitrogens with zero attached hydrogens (tertiary/aromatic N) is 4. The van der Waals surface area contributed by atoms with Crippen LogP contribution in [0.4, 0.5) is 11.8 Å². The summed E-state index contributed by atoms with van der Waals surface area (Å²) in [6.45, 7) is 5.41. The number of likely N-dealkylation sites (tertiary alicyclic amines) is 1. The van der Waals surface area contributed by atoms with Crippen molar-refractivity contribution < 1.29 is 0 Å². The van der Waals surface area contributed by atoms with Crippen molar-refractivity contribution in [3.8, 4) is 0 Å². The molecule has 1 saturated heterocycles. The second-order valence-electron chi connectivity index (χ2n) is 4.70. The van der Waals surface area contributed by atoms with E-state index >= 15 is 0 Å². The van der Waals surface area contributed by atoms with Gasteiger partial charge in [-0.25, -0.2) is 4.98 Å². The van der Waals surface area contributed by atoms with Gasteiger partial charge in [-0.15, -0.1) is 0 Å². The Morgan fingerprint density at radius 2 is 2.39 bits per heavy atom. The van der Waals surface area contributed by atoms with Gasteiger partial charge in [0.05, 0.1) is 6.20 Å². The minimum absolute atomic E-state index is 0.264. The van der Waals surface area contributed by atoms with Crippen molar-refractivity contribution in [2.75, 3.05) is 37.3 Å². The van der Waals surface area contributed by atoms with E-state index in [9.17, 15) is 0 Å². The molecule has 2 rings (SSSR count). The van der Waals surface area contributed by atoms with Gasteiger partial charge >= 0.3 is 0 Å². The van der Waals surface area contributed by atoms with Gasteiger partial charge in [0.25, 0.3) is 0 Å². The lowest BCUT2D eigenvalue weighted by atomic mass is 10.2. The maximum Gasteiger partial charge on any atom is 0.222 e. The van der Waals surface area contributed by atoms with Crippen LogP contribution in [0.1, 0.15) is 19.8 Å². The number of rotatable bonds is 4. The molecule has 0 spiro atoms. The van der Waals surface area contributed by atoms with Crippen LogP contribution in [0.2, 0.25) is 5.02 Å². The molecule has 1 aromatic heterocycles. The third-order valence-electron chi connectivity index (χ3n) is 3.50. The molecule has 1 unspecified atom stereocenters. The van der Waals surface area contributed by atoms with E-state index in [4.69, 9.17) is 17.3 Å². The van der Waals surface area contributed by atoms with Gasteiger partial charge in [-0.3, -0.25) is 4.90 Å². The van der Waals surface area contributed by atoms with Gasteiger partial charge in [0.1, 0.15) is 5.02 Å². The highest BCUT2D eigenvalue weighted by molar-refractivity contribution is 6.32. The number of aromatic nitrogens is 2. The van der Waals surface area contributed by atoms with Crippen LogP contribution in [0.15, 0.2) is 6.20 Å². The molecule has 5 nitrogen and oxygen atoms in total. The van der Waals surface area contributed by atoms with E-state index in [2.05, 4.69) is 26.7 Å². The zero-order chi connectivity index (χ0) is 13.1.